The molecule has 0 radical (unpaired) electrons. The summed E-state index contributed by atoms with van der Waals surface area (Å²) in [4.78, 5) is 13.9. The minimum atomic E-state index is -1.19. The average molecular weight is 186 g/mol. The van der Waals surface area contributed by atoms with E-state index in [-0.39, 0.29) is 11.3 Å². The number of hydrogen-bond acceptors (Lipinski definition) is 3. The first-order valence-electron chi connectivity index (χ1n) is 3.59. The third kappa shape index (κ3) is 2.06. The maximum atomic E-state index is 12.6. The van der Waals surface area contributed by atoms with Crippen molar-refractivity contribution in [3.63, 3.8) is 0 Å². The second kappa shape index (κ2) is 3.57. The minimum Gasteiger partial charge on any atom is -0.318 e. The smallest absolute Gasteiger partial charge is 0.248 e. The summed E-state index contributed by atoms with van der Waals surface area (Å²) in [5, 5.41) is 0. The predicted octanol–water partition coefficient (Wildman–Crippen LogP) is 0.949. The summed E-state index contributed by atoms with van der Waals surface area (Å²) in [6.45, 7) is 1.27. The molecule has 5 heteroatoms. The number of hydrogen-bond donors (Lipinski definition) is 1. The Bertz CT molecular complexity index is 341. The molecule has 1 rings (SSSR count). The maximum absolute atomic E-state index is 12.6. The number of nitrogens with zero attached hydrogens (tertiary/aromatic N) is 1. The lowest BCUT2D eigenvalue weighted by molar-refractivity contribution is -0.118. The van der Waals surface area contributed by atoms with Crippen LogP contribution in [0.25, 0.3) is 0 Å². The van der Waals surface area contributed by atoms with E-state index in [0.717, 1.165) is 12.3 Å². The molecule has 0 fully saturated rings. The fourth-order valence-electron chi connectivity index (χ4n) is 0.841. The first-order valence-corrected chi connectivity index (χ1v) is 3.59. The van der Waals surface area contributed by atoms with E-state index in [1.54, 1.807) is 0 Å². The van der Waals surface area contributed by atoms with Crippen molar-refractivity contribution in [3.8, 4) is 0 Å². The van der Waals surface area contributed by atoms with Gasteiger partial charge in [0.15, 0.2) is 11.6 Å². The Balaban J connectivity index is 3.03. The zero-order valence-corrected chi connectivity index (χ0v) is 6.92. The topological polar surface area (TPSA) is 56.0 Å². The molecule has 70 valence electrons. The number of carbonyl (C=O) groups is 1. The molecular weight excluding hydrogens is 178 g/mol. The van der Waals surface area contributed by atoms with Crippen LogP contribution in [0.5, 0.6) is 0 Å². The summed E-state index contributed by atoms with van der Waals surface area (Å²) in [5.74, 6) is -2.62. The molecule has 1 unspecified atom stereocenters. The lowest BCUT2D eigenvalue weighted by atomic mass is 10.1. The summed E-state index contributed by atoms with van der Waals surface area (Å²) in [6, 6.07) is -0.0726. The molecule has 1 heterocycles. The van der Waals surface area contributed by atoms with Crippen molar-refractivity contribution in [2.24, 2.45) is 5.73 Å². The highest BCUT2D eigenvalue weighted by Crippen LogP contribution is 2.12. The molecule has 0 aliphatic heterocycles. The number of halogens is 2. The molecule has 0 saturated carbocycles. The fourth-order valence-corrected chi connectivity index (χ4v) is 0.841. The highest BCUT2D eigenvalue weighted by Gasteiger charge is 2.13. The Hall–Kier alpha value is -1.36. The molecule has 0 spiro atoms. The van der Waals surface area contributed by atoms with Crippen LogP contribution in [-0.2, 0) is 4.79 Å². The second-order valence-electron chi connectivity index (χ2n) is 2.63. The van der Waals surface area contributed by atoms with Crippen molar-refractivity contribution in [2.45, 2.75) is 13.0 Å². The Morgan fingerprint density at radius 3 is 2.69 bits per heavy atom. The summed E-state index contributed by atoms with van der Waals surface area (Å²) < 4.78 is 24.9. The molecule has 0 aromatic carbocycles. The Labute approximate surface area is 73.6 Å². The van der Waals surface area contributed by atoms with Gasteiger partial charge in [-0.1, -0.05) is 0 Å². The van der Waals surface area contributed by atoms with Gasteiger partial charge in [0.05, 0.1) is 6.04 Å². The van der Waals surface area contributed by atoms with Crippen LogP contribution >= 0.6 is 0 Å². The minimum absolute atomic E-state index is 0.173. The third-order valence-electron chi connectivity index (χ3n) is 1.61. The van der Waals surface area contributed by atoms with E-state index < -0.39 is 17.8 Å². The molecule has 0 aliphatic carbocycles. The van der Waals surface area contributed by atoms with Crippen molar-refractivity contribution >= 4 is 5.78 Å². The van der Waals surface area contributed by atoms with Crippen LogP contribution in [0.15, 0.2) is 12.3 Å². The van der Waals surface area contributed by atoms with Gasteiger partial charge in [0.2, 0.25) is 5.95 Å². The first kappa shape index (κ1) is 9.73. The van der Waals surface area contributed by atoms with E-state index in [9.17, 15) is 13.6 Å². The molecule has 3 nitrogen and oxygen atoms in total. The SMILES string of the molecule is CC(=O)C(N)c1cnc(F)c(F)c1. The number of Topliss-reactive ketones (excluding diaryl/α,β-unsaturated/α-hetero) is 1. The van der Waals surface area contributed by atoms with Crippen LogP contribution in [0.3, 0.4) is 0 Å². The molecule has 0 bridgehead atoms. The maximum Gasteiger partial charge on any atom is 0.248 e. The lowest BCUT2D eigenvalue weighted by Crippen LogP contribution is -2.19. The van der Waals surface area contributed by atoms with E-state index in [4.69, 9.17) is 5.73 Å². The molecule has 0 saturated heterocycles. The number of carbonyl (C=O) groups excluding carboxylic acids is 1. The third-order valence-corrected chi connectivity index (χ3v) is 1.61. The van der Waals surface area contributed by atoms with Gasteiger partial charge in [0.1, 0.15) is 0 Å². The molecule has 1 aromatic heterocycles. The van der Waals surface area contributed by atoms with E-state index >= 15 is 0 Å². The highest BCUT2D eigenvalue weighted by atomic mass is 19.2. The van der Waals surface area contributed by atoms with E-state index in [0.29, 0.717) is 0 Å². The largest absolute Gasteiger partial charge is 0.318 e. The van der Waals surface area contributed by atoms with Crippen molar-refractivity contribution in [1.82, 2.24) is 4.98 Å². The van der Waals surface area contributed by atoms with E-state index in [2.05, 4.69) is 4.98 Å². The zero-order valence-electron chi connectivity index (χ0n) is 6.92. The second-order valence-corrected chi connectivity index (χ2v) is 2.63. The van der Waals surface area contributed by atoms with Gasteiger partial charge in [-0.05, 0) is 18.6 Å². The Kier molecular flexibility index (Phi) is 2.67. The quantitative estimate of drug-likeness (QED) is 0.699. The predicted molar refractivity (Wildman–Crippen MR) is 41.8 cm³/mol. The van der Waals surface area contributed by atoms with Gasteiger partial charge in [-0.25, -0.2) is 9.37 Å². The van der Waals surface area contributed by atoms with Crippen LogP contribution in [-0.4, -0.2) is 10.8 Å². The normalized spacial score (nSPS) is 12.6. The number of aromatic nitrogens is 1. The summed E-state index contributed by atoms with van der Waals surface area (Å²) in [5.41, 5.74) is 5.55. The van der Waals surface area contributed by atoms with Gasteiger partial charge in [-0.2, -0.15) is 4.39 Å². The van der Waals surface area contributed by atoms with E-state index in [1.807, 2.05) is 0 Å². The average Bonchev–Trinajstić information content (AvgIpc) is 2.08. The van der Waals surface area contributed by atoms with Crippen molar-refractivity contribution in [2.75, 3.05) is 0 Å². The standard InChI is InChI=1S/C8H8F2N2O/c1-4(13)7(11)5-2-6(9)8(10)12-3-5/h2-3,7H,11H2,1H3. The van der Waals surface area contributed by atoms with Crippen LogP contribution in [0.1, 0.15) is 18.5 Å². The molecule has 1 aromatic rings. The molecule has 1 atom stereocenters. The van der Waals surface area contributed by atoms with Crippen LogP contribution in [0.2, 0.25) is 0 Å². The van der Waals surface area contributed by atoms with Crippen molar-refractivity contribution in [3.05, 3.63) is 29.6 Å². The Morgan fingerprint density at radius 1 is 1.62 bits per heavy atom. The van der Waals surface area contributed by atoms with Gasteiger partial charge in [0.25, 0.3) is 0 Å². The fraction of sp³-hybridized carbons (Fsp3) is 0.250. The van der Waals surface area contributed by atoms with Crippen molar-refractivity contribution in [1.29, 1.82) is 0 Å². The molecule has 2 N–H and O–H groups in total. The molecule has 0 amide bonds. The summed E-state index contributed by atoms with van der Waals surface area (Å²) in [7, 11) is 0. The number of pyridine rings is 1. The molecular formula is C8H8F2N2O. The van der Waals surface area contributed by atoms with Crippen LogP contribution in [0, 0.1) is 11.8 Å². The number of nitrogens with two attached hydrogens (primary N) is 1. The lowest BCUT2D eigenvalue weighted by Gasteiger charge is -2.06. The highest BCUT2D eigenvalue weighted by molar-refractivity contribution is 5.82. The summed E-state index contributed by atoms with van der Waals surface area (Å²) in [6.07, 6.45) is 1.05. The van der Waals surface area contributed by atoms with Gasteiger partial charge >= 0.3 is 0 Å². The van der Waals surface area contributed by atoms with E-state index in [1.165, 1.54) is 6.92 Å². The van der Waals surface area contributed by atoms with Gasteiger partial charge in [-0.3, -0.25) is 4.79 Å². The van der Waals surface area contributed by atoms with Gasteiger partial charge in [-0.15, -0.1) is 0 Å². The van der Waals surface area contributed by atoms with Gasteiger partial charge < -0.3 is 5.73 Å². The number of rotatable bonds is 2. The van der Waals surface area contributed by atoms with Gasteiger partial charge in [0, 0.05) is 6.20 Å². The van der Waals surface area contributed by atoms with Crippen molar-refractivity contribution < 1.29 is 13.6 Å². The monoisotopic (exact) mass is 186 g/mol. The first-order chi connectivity index (χ1) is 6.02. The van der Waals surface area contributed by atoms with Crippen LogP contribution < -0.4 is 5.73 Å². The molecule has 0 aliphatic rings. The van der Waals surface area contributed by atoms with Crippen LogP contribution in [0.4, 0.5) is 8.78 Å². The zero-order chi connectivity index (χ0) is 10.0. The summed E-state index contributed by atoms with van der Waals surface area (Å²) >= 11 is 0. The number of ketones is 1. The Morgan fingerprint density at radius 2 is 2.23 bits per heavy atom. The molecule has 13 heavy (non-hydrogen) atoms.